The molecule has 1 aliphatic rings. The van der Waals surface area contributed by atoms with E-state index in [1.807, 2.05) is 0 Å². The average molecular weight is 540 g/mol. The van der Waals surface area contributed by atoms with E-state index in [9.17, 15) is 32.7 Å². The minimum absolute atomic E-state index is 0.00732. The first-order valence-corrected chi connectivity index (χ1v) is 11.5. The number of ether oxygens (including phenoxy) is 2. The number of carboxylic acid groups (broad SMARTS) is 1. The Balaban J connectivity index is 1.40. The molecule has 12 nitrogen and oxygen atoms in total. The van der Waals surface area contributed by atoms with Crippen LogP contribution in [0.3, 0.4) is 0 Å². The number of piperazine rings is 1. The summed E-state index contributed by atoms with van der Waals surface area (Å²) in [6.07, 6.45) is -3.96. The van der Waals surface area contributed by atoms with Gasteiger partial charge in [-0.05, 0) is 6.07 Å². The first-order valence-electron chi connectivity index (χ1n) is 10.6. The summed E-state index contributed by atoms with van der Waals surface area (Å²) in [4.78, 5) is 51.8. The van der Waals surface area contributed by atoms with Gasteiger partial charge in [0.2, 0.25) is 5.88 Å². The van der Waals surface area contributed by atoms with Crippen molar-refractivity contribution < 1.29 is 42.1 Å². The highest BCUT2D eigenvalue weighted by Gasteiger charge is 2.42. The van der Waals surface area contributed by atoms with Gasteiger partial charge in [0, 0.05) is 38.3 Å². The SMILES string of the molecule is COc1ncnc2sc(NC(=O)N3CCN(Cc4cccc(C(=O)O)c4OC(=O)C(F)(F)F)CC3)nc12. The average Bonchev–Trinajstić information content (AvgIpc) is 3.27. The van der Waals surface area contributed by atoms with Gasteiger partial charge in [-0.25, -0.2) is 24.4 Å². The maximum Gasteiger partial charge on any atom is 0.491 e. The van der Waals surface area contributed by atoms with Gasteiger partial charge in [0.1, 0.15) is 17.6 Å². The van der Waals surface area contributed by atoms with Gasteiger partial charge < -0.3 is 19.5 Å². The van der Waals surface area contributed by atoms with Gasteiger partial charge in [0.25, 0.3) is 0 Å². The van der Waals surface area contributed by atoms with Crippen LogP contribution in [0, 0.1) is 0 Å². The number of carbonyl (C=O) groups excluding carboxylic acids is 2. The minimum Gasteiger partial charge on any atom is -0.479 e. The van der Waals surface area contributed by atoms with Gasteiger partial charge in [0.05, 0.1) is 7.11 Å². The lowest BCUT2D eigenvalue weighted by Crippen LogP contribution is -2.49. The van der Waals surface area contributed by atoms with E-state index in [-0.39, 0.29) is 31.1 Å². The van der Waals surface area contributed by atoms with Crippen LogP contribution in [0.4, 0.5) is 23.1 Å². The molecule has 0 spiro atoms. The molecule has 0 aliphatic carbocycles. The minimum atomic E-state index is -5.29. The van der Waals surface area contributed by atoms with Crippen molar-refractivity contribution in [2.45, 2.75) is 12.7 Å². The summed E-state index contributed by atoms with van der Waals surface area (Å²) in [6, 6.07) is 3.38. The second-order valence-corrected chi connectivity index (χ2v) is 8.71. The van der Waals surface area contributed by atoms with Crippen molar-refractivity contribution in [1.82, 2.24) is 24.8 Å². The molecule has 3 heterocycles. The molecule has 1 aliphatic heterocycles. The Kier molecular flexibility index (Phi) is 7.40. The second-order valence-electron chi connectivity index (χ2n) is 7.74. The van der Waals surface area contributed by atoms with Gasteiger partial charge in [0.15, 0.2) is 15.5 Å². The van der Waals surface area contributed by atoms with E-state index >= 15 is 0 Å². The van der Waals surface area contributed by atoms with Crippen LogP contribution in [0.25, 0.3) is 10.3 Å². The Morgan fingerprint density at radius 3 is 2.54 bits per heavy atom. The molecule has 0 atom stereocenters. The number of halogens is 3. The second kappa shape index (κ2) is 10.5. The molecule has 3 aromatic rings. The van der Waals surface area contributed by atoms with Crippen LogP contribution in [0.5, 0.6) is 11.6 Å². The quantitative estimate of drug-likeness (QED) is 0.353. The Morgan fingerprint density at radius 2 is 1.89 bits per heavy atom. The lowest BCUT2D eigenvalue weighted by molar-refractivity contribution is -0.189. The van der Waals surface area contributed by atoms with Crippen molar-refractivity contribution in [1.29, 1.82) is 0 Å². The number of alkyl halides is 3. The first kappa shape index (κ1) is 26.0. The number of carbonyl (C=O) groups is 3. The van der Waals surface area contributed by atoms with E-state index in [0.717, 1.165) is 17.4 Å². The molecular weight excluding hydrogens is 521 g/mol. The molecule has 37 heavy (non-hydrogen) atoms. The van der Waals surface area contributed by atoms with Gasteiger partial charge in [-0.15, -0.1) is 0 Å². The van der Waals surface area contributed by atoms with Gasteiger partial charge in [-0.2, -0.15) is 18.2 Å². The number of benzene rings is 1. The topological polar surface area (TPSA) is 147 Å². The van der Waals surface area contributed by atoms with Crippen LogP contribution in [0.15, 0.2) is 24.5 Å². The van der Waals surface area contributed by atoms with E-state index in [2.05, 4.69) is 25.0 Å². The third-order valence-corrected chi connectivity index (χ3v) is 6.25. The number of para-hydroxylation sites is 1. The summed E-state index contributed by atoms with van der Waals surface area (Å²) in [6.45, 7) is 1.21. The highest BCUT2D eigenvalue weighted by atomic mass is 32.1. The number of nitrogens with one attached hydrogen (secondary N) is 1. The van der Waals surface area contributed by atoms with Crippen molar-refractivity contribution in [3.8, 4) is 11.6 Å². The predicted molar refractivity (Wildman–Crippen MR) is 123 cm³/mol. The summed E-state index contributed by atoms with van der Waals surface area (Å²) in [5.41, 5.74) is -0.0501. The molecule has 2 N–H and O–H groups in total. The van der Waals surface area contributed by atoms with E-state index < -0.39 is 35.5 Å². The first-order chi connectivity index (χ1) is 17.6. The number of esters is 1. The number of fused-ring (bicyclic) bond motifs is 1. The van der Waals surface area contributed by atoms with Crippen molar-refractivity contribution in [3.63, 3.8) is 0 Å². The van der Waals surface area contributed by atoms with Crippen LogP contribution >= 0.6 is 11.3 Å². The Bertz CT molecular complexity index is 1340. The zero-order valence-electron chi connectivity index (χ0n) is 19.1. The number of carboxylic acids is 1. The standard InChI is InChI=1S/C21H19F3N6O6S/c1-35-15-13-16(26-10-25-15)37-19(27-13)28-20(34)30-7-5-29(6-8-30)9-11-3-2-4-12(17(31)32)14(11)36-18(33)21(22,23)24/h2-4,10H,5-9H2,1H3,(H,31,32)(H,27,28,34). The maximum absolute atomic E-state index is 12.7. The zero-order chi connectivity index (χ0) is 26.7. The zero-order valence-corrected chi connectivity index (χ0v) is 19.9. The number of urea groups is 1. The molecule has 0 unspecified atom stereocenters. The summed E-state index contributed by atoms with van der Waals surface area (Å²) in [5.74, 6) is -4.43. The van der Waals surface area contributed by atoms with Crippen molar-refractivity contribution in [2.75, 3.05) is 38.6 Å². The normalized spacial score (nSPS) is 14.4. The molecule has 1 aromatic carbocycles. The van der Waals surface area contributed by atoms with Crippen molar-refractivity contribution >= 4 is 44.8 Å². The summed E-state index contributed by atoms with van der Waals surface area (Å²) < 4.78 is 47.8. The van der Waals surface area contributed by atoms with E-state index in [0.29, 0.717) is 28.6 Å². The fourth-order valence-corrected chi connectivity index (χ4v) is 4.39. The summed E-state index contributed by atoms with van der Waals surface area (Å²) in [7, 11) is 1.44. The number of aromatic carboxylic acids is 1. The summed E-state index contributed by atoms with van der Waals surface area (Å²) >= 11 is 1.15. The molecule has 1 fully saturated rings. The van der Waals surface area contributed by atoms with Gasteiger partial charge >= 0.3 is 24.1 Å². The lowest BCUT2D eigenvalue weighted by atomic mass is 10.1. The monoisotopic (exact) mass is 540 g/mol. The third kappa shape index (κ3) is 5.86. The highest BCUT2D eigenvalue weighted by Crippen LogP contribution is 2.30. The summed E-state index contributed by atoms with van der Waals surface area (Å²) in [5, 5.41) is 12.4. The van der Waals surface area contributed by atoms with Gasteiger partial charge in [-0.1, -0.05) is 23.5 Å². The number of thiazole rings is 1. The van der Waals surface area contributed by atoms with Gasteiger partial charge in [-0.3, -0.25) is 10.2 Å². The number of amides is 2. The molecular formula is C21H19F3N6O6S. The fraction of sp³-hybridized carbons (Fsp3) is 0.333. The number of methoxy groups -OCH3 is 1. The molecule has 2 aromatic heterocycles. The predicted octanol–water partition coefficient (Wildman–Crippen LogP) is 2.61. The third-order valence-electron chi connectivity index (χ3n) is 5.38. The smallest absolute Gasteiger partial charge is 0.479 e. The number of aromatic nitrogens is 3. The maximum atomic E-state index is 12.7. The Morgan fingerprint density at radius 1 is 1.16 bits per heavy atom. The molecule has 0 bridgehead atoms. The number of hydrogen-bond donors (Lipinski definition) is 2. The van der Waals surface area contributed by atoms with Crippen LogP contribution in [0.2, 0.25) is 0 Å². The van der Waals surface area contributed by atoms with E-state index in [1.165, 1.54) is 30.5 Å². The van der Waals surface area contributed by atoms with Crippen LogP contribution in [-0.2, 0) is 11.3 Å². The largest absolute Gasteiger partial charge is 0.491 e. The molecule has 2 amide bonds. The van der Waals surface area contributed by atoms with Crippen LogP contribution in [-0.4, -0.2) is 87.3 Å². The van der Waals surface area contributed by atoms with Crippen LogP contribution in [0.1, 0.15) is 15.9 Å². The van der Waals surface area contributed by atoms with Crippen molar-refractivity contribution in [3.05, 3.63) is 35.7 Å². The van der Waals surface area contributed by atoms with Crippen LogP contribution < -0.4 is 14.8 Å². The molecule has 196 valence electrons. The van der Waals surface area contributed by atoms with Crippen molar-refractivity contribution in [2.24, 2.45) is 0 Å². The Hall–Kier alpha value is -4.05. The number of hydrogen-bond acceptors (Lipinski definition) is 10. The fourth-order valence-electron chi connectivity index (χ4n) is 3.61. The molecule has 0 radical (unpaired) electrons. The Labute approximate surface area is 210 Å². The number of rotatable bonds is 6. The lowest BCUT2D eigenvalue weighted by Gasteiger charge is -2.34. The molecule has 4 rings (SSSR count). The molecule has 16 heteroatoms. The number of nitrogens with zero attached hydrogens (tertiary/aromatic N) is 5. The van der Waals surface area contributed by atoms with E-state index in [1.54, 1.807) is 4.90 Å². The number of anilines is 1. The highest BCUT2D eigenvalue weighted by molar-refractivity contribution is 7.22. The molecule has 0 saturated carbocycles. The molecule has 1 saturated heterocycles. The van der Waals surface area contributed by atoms with E-state index in [4.69, 9.17) is 4.74 Å².